The van der Waals surface area contributed by atoms with Crippen molar-refractivity contribution >= 4 is 17.6 Å². The first-order valence-electron chi connectivity index (χ1n) is 9.27. The van der Waals surface area contributed by atoms with Crippen molar-refractivity contribution < 1.29 is 19.4 Å². The van der Waals surface area contributed by atoms with E-state index >= 15 is 0 Å². The van der Waals surface area contributed by atoms with E-state index in [0.29, 0.717) is 23.4 Å². The summed E-state index contributed by atoms with van der Waals surface area (Å²) in [6.45, 7) is -0.0497. The van der Waals surface area contributed by atoms with Gasteiger partial charge in [0, 0.05) is 17.8 Å². The number of hydrogen-bond acceptors (Lipinski definition) is 4. The van der Waals surface area contributed by atoms with Gasteiger partial charge in [0.15, 0.2) is 6.61 Å². The van der Waals surface area contributed by atoms with E-state index in [1.807, 2.05) is 60.7 Å². The highest BCUT2D eigenvalue weighted by Crippen LogP contribution is 2.37. The molecule has 1 aliphatic heterocycles. The number of benzene rings is 3. The van der Waals surface area contributed by atoms with Gasteiger partial charge in [0.05, 0.1) is 5.56 Å². The van der Waals surface area contributed by atoms with Crippen molar-refractivity contribution in [3.8, 4) is 5.75 Å². The van der Waals surface area contributed by atoms with Gasteiger partial charge in [-0.15, -0.1) is 0 Å². The molecular weight excluding hydrogens is 368 g/mol. The Hall–Kier alpha value is -3.80. The van der Waals surface area contributed by atoms with E-state index in [4.69, 9.17) is 9.84 Å². The average Bonchev–Trinajstić information content (AvgIpc) is 2.75. The minimum Gasteiger partial charge on any atom is -0.481 e. The molecule has 1 atom stereocenters. The summed E-state index contributed by atoms with van der Waals surface area (Å²) in [6.07, 6.45) is -0.498. The predicted octanol–water partition coefficient (Wildman–Crippen LogP) is 3.92. The van der Waals surface area contributed by atoms with Gasteiger partial charge in [-0.1, -0.05) is 60.7 Å². The lowest BCUT2D eigenvalue weighted by Gasteiger charge is -2.38. The smallest absolute Gasteiger partial charge is 0.341 e. The minimum atomic E-state index is -1.06. The topological polar surface area (TPSA) is 78.9 Å². The van der Waals surface area contributed by atoms with Crippen LogP contribution in [0.3, 0.4) is 0 Å². The Bertz CT molecular complexity index is 1040. The van der Waals surface area contributed by atoms with Crippen LogP contribution in [0.1, 0.15) is 27.7 Å². The zero-order valence-electron chi connectivity index (χ0n) is 15.6. The second kappa shape index (κ2) is 8.06. The maximum Gasteiger partial charge on any atom is 0.341 e. The monoisotopic (exact) mass is 388 g/mol. The number of para-hydroxylation sites is 2. The maximum atomic E-state index is 13.3. The van der Waals surface area contributed by atoms with Crippen molar-refractivity contribution in [1.82, 2.24) is 4.90 Å². The molecular formula is C23H20N2O4. The minimum absolute atomic E-state index is 0.0961. The van der Waals surface area contributed by atoms with Crippen molar-refractivity contribution in [3.63, 3.8) is 0 Å². The summed E-state index contributed by atoms with van der Waals surface area (Å²) in [4.78, 5) is 26.0. The average molecular weight is 388 g/mol. The first-order chi connectivity index (χ1) is 14.1. The fourth-order valence-electron chi connectivity index (χ4n) is 3.46. The Morgan fingerprint density at radius 3 is 2.45 bits per heavy atom. The second-order valence-electron chi connectivity index (χ2n) is 6.73. The summed E-state index contributed by atoms with van der Waals surface area (Å²) in [5.41, 5.74) is 3.03. The quantitative estimate of drug-likeness (QED) is 0.669. The summed E-state index contributed by atoms with van der Waals surface area (Å²) >= 11 is 0. The van der Waals surface area contributed by atoms with Crippen molar-refractivity contribution in [2.45, 2.75) is 12.7 Å². The standard InChI is InChI=1S/C23H20N2O4/c26-21(27)15-29-20-13-7-5-11-18(20)22-24-19-12-6-4-10-17(19)23(28)25(22)14-16-8-2-1-3-9-16/h1-13,22,24H,14-15H2,(H,26,27)/t22-/m0/s1. The molecule has 0 spiro atoms. The highest BCUT2D eigenvalue weighted by atomic mass is 16.5. The van der Waals surface area contributed by atoms with Crippen LogP contribution in [0.5, 0.6) is 5.75 Å². The lowest BCUT2D eigenvalue weighted by molar-refractivity contribution is -0.139. The Balaban J connectivity index is 1.75. The number of carbonyl (C=O) groups excluding carboxylic acids is 1. The molecule has 6 heteroatoms. The molecule has 2 N–H and O–H groups in total. The Morgan fingerprint density at radius 1 is 0.966 bits per heavy atom. The number of ether oxygens (including phenoxy) is 1. The number of anilines is 1. The molecule has 146 valence electrons. The summed E-state index contributed by atoms with van der Waals surface area (Å²) in [5, 5.41) is 12.4. The molecule has 3 aromatic rings. The van der Waals surface area contributed by atoms with Gasteiger partial charge in [0.2, 0.25) is 0 Å². The van der Waals surface area contributed by atoms with Crippen molar-refractivity contribution in [2.24, 2.45) is 0 Å². The number of nitrogens with one attached hydrogen (secondary N) is 1. The van der Waals surface area contributed by atoms with E-state index in [9.17, 15) is 9.59 Å². The second-order valence-corrected chi connectivity index (χ2v) is 6.73. The highest BCUT2D eigenvalue weighted by molar-refractivity contribution is 6.01. The number of carboxylic acid groups (broad SMARTS) is 1. The molecule has 0 saturated heterocycles. The van der Waals surface area contributed by atoms with E-state index in [-0.39, 0.29) is 5.91 Å². The van der Waals surface area contributed by atoms with Crippen molar-refractivity contribution in [3.05, 3.63) is 95.6 Å². The fourth-order valence-corrected chi connectivity index (χ4v) is 3.46. The van der Waals surface area contributed by atoms with Crippen molar-refractivity contribution in [1.29, 1.82) is 0 Å². The zero-order valence-corrected chi connectivity index (χ0v) is 15.6. The Morgan fingerprint density at radius 2 is 1.66 bits per heavy atom. The summed E-state index contributed by atoms with van der Waals surface area (Å²) in [6, 6.07) is 24.3. The van der Waals surface area contributed by atoms with E-state index in [1.54, 1.807) is 23.1 Å². The third-order valence-corrected chi connectivity index (χ3v) is 4.78. The molecule has 0 saturated carbocycles. The normalized spacial score (nSPS) is 15.4. The molecule has 0 aliphatic carbocycles. The molecule has 6 nitrogen and oxygen atoms in total. The van der Waals surface area contributed by atoms with E-state index < -0.39 is 18.7 Å². The maximum absolute atomic E-state index is 13.3. The largest absolute Gasteiger partial charge is 0.481 e. The molecule has 0 unspecified atom stereocenters. The third kappa shape index (κ3) is 3.91. The lowest BCUT2D eigenvalue weighted by atomic mass is 10.0. The van der Waals surface area contributed by atoms with Gasteiger partial charge in [-0.3, -0.25) is 4.79 Å². The number of carbonyl (C=O) groups is 2. The van der Waals surface area contributed by atoms with Crippen LogP contribution in [0.2, 0.25) is 0 Å². The van der Waals surface area contributed by atoms with E-state index in [2.05, 4.69) is 5.32 Å². The number of fused-ring (bicyclic) bond motifs is 1. The van der Waals surface area contributed by atoms with Gasteiger partial charge in [-0.25, -0.2) is 4.79 Å². The van der Waals surface area contributed by atoms with Gasteiger partial charge >= 0.3 is 5.97 Å². The van der Waals surface area contributed by atoms with Crippen LogP contribution in [-0.2, 0) is 11.3 Å². The molecule has 29 heavy (non-hydrogen) atoms. The van der Waals surface area contributed by atoms with Crippen LogP contribution in [0.4, 0.5) is 5.69 Å². The first-order valence-corrected chi connectivity index (χ1v) is 9.27. The number of rotatable bonds is 6. The van der Waals surface area contributed by atoms with Crippen LogP contribution in [0, 0.1) is 0 Å². The molecule has 0 fully saturated rings. The predicted molar refractivity (Wildman–Crippen MR) is 109 cm³/mol. The summed E-state index contributed by atoms with van der Waals surface area (Å²) in [5.74, 6) is -0.724. The van der Waals surface area contributed by atoms with Crippen LogP contribution in [0.15, 0.2) is 78.9 Å². The lowest BCUT2D eigenvalue weighted by Crippen LogP contribution is -2.42. The number of hydrogen-bond donors (Lipinski definition) is 2. The first kappa shape index (κ1) is 18.6. The van der Waals surface area contributed by atoms with E-state index in [0.717, 1.165) is 11.3 Å². The molecule has 0 radical (unpaired) electrons. The van der Waals surface area contributed by atoms with Gasteiger partial charge < -0.3 is 20.1 Å². The van der Waals surface area contributed by atoms with Gasteiger partial charge in [0.1, 0.15) is 11.9 Å². The molecule has 0 bridgehead atoms. The number of nitrogens with zero attached hydrogens (tertiary/aromatic N) is 1. The Labute approximate surface area is 168 Å². The molecule has 3 aromatic carbocycles. The highest BCUT2D eigenvalue weighted by Gasteiger charge is 2.34. The molecule has 1 heterocycles. The SMILES string of the molecule is O=C(O)COc1ccccc1[C@H]1Nc2ccccc2C(=O)N1Cc1ccccc1. The molecule has 4 rings (SSSR count). The van der Waals surface area contributed by atoms with Gasteiger partial charge in [-0.05, 0) is 23.8 Å². The number of amides is 1. The third-order valence-electron chi connectivity index (χ3n) is 4.78. The van der Waals surface area contributed by atoms with Crippen LogP contribution >= 0.6 is 0 Å². The Kier molecular flexibility index (Phi) is 5.16. The molecule has 1 aliphatic rings. The van der Waals surface area contributed by atoms with E-state index in [1.165, 1.54) is 0 Å². The number of carboxylic acids is 1. The molecule has 1 amide bonds. The van der Waals surface area contributed by atoms with Crippen LogP contribution in [-0.4, -0.2) is 28.5 Å². The number of aliphatic carboxylic acids is 1. The van der Waals surface area contributed by atoms with Gasteiger partial charge in [0.25, 0.3) is 5.91 Å². The zero-order chi connectivity index (χ0) is 20.2. The van der Waals surface area contributed by atoms with Gasteiger partial charge in [-0.2, -0.15) is 0 Å². The fraction of sp³-hybridized carbons (Fsp3) is 0.130. The van der Waals surface area contributed by atoms with Crippen LogP contribution < -0.4 is 10.1 Å². The summed E-state index contributed by atoms with van der Waals surface area (Å²) < 4.78 is 5.50. The van der Waals surface area contributed by atoms with Crippen LogP contribution in [0.25, 0.3) is 0 Å². The molecule has 0 aromatic heterocycles. The van der Waals surface area contributed by atoms with Crippen molar-refractivity contribution in [2.75, 3.05) is 11.9 Å². The summed E-state index contributed by atoms with van der Waals surface area (Å²) in [7, 11) is 0.